The number of hydrogen-bond acceptors (Lipinski definition) is 7. The van der Waals surface area contributed by atoms with E-state index >= 15 is 0 Å². The summed E-state index contributed by atoms with van der Waals surface area (Å²) in [7, 11) is 0. The van der Waals surface area contributed by atoms with Crippen molar-refractivity contribution < 1.29 is 25.0 Å². The second kappa shape index (κ2) is 5.49. The van der Waals surface area contributed by atoms with E-state index in [4.69, 9.17) is 4.74 Å². The minimum atomic E-state index is -1.33. The first-order valence-electron chi connectivity index (χ1n) is 5.66. The monoisotopic (exact) mass is 270 g/mol. The Bertz CT molecular complexity index is 468. The van der Waals surface area contributed by atoms with Gasteiger partial charge in [-0.1, -0.05) is 6.07 Å². The van der Waals surface area contributed by atoms with Gasteiger partial charge in [-0.25, -0.2) is 0 Å². The number of benzene rings is 1. The van der Waals surface area contributed by atoms with Crippen LogP contribution in [0.3, 0.4) is 0 Å². The third-order valence-corrected chi connectivity index (χ3v) is 2.87. The highest BCUT2D eigenvalue weighted by atomic mass is 16.6. The van der Waals surface area contributed by atoms with Gasteiger partial charge in [0, 0.05) is 17.8 Å². The van der Waals surface area contributed by atoms with Crippen LogP contribution in [0.4, 0.5) is 11.4 Å². The number of hydrogen-bond donors (Lipinski definition) is 4. The molecule has 0 radical (unpaired) electrons. The Hall–Kier alpha value is -1.74. The van der Waals surface area contributed by atoms with Gasteiger partial charge in [0.2, 0.25) is 0 Å². The van der Waals surface area contributed by atoms with Gasteiger partial charge in [-0.05, 0) is 6.07 Å². The van der Waals surface area contributed by atoms with E-state index < -0.39 is 29.5 Å². The maximum Gasteiger partial charge on any atom is 0.271 e. The molecule has 0 saturated carbocycles. The Morgan fingerprint density at radius 3 is 2.74 bits per heavy atom. The first-order valence-corrected chi connectivity index (χ1v) is 5.66. The van der Waals surface area contributed by atoms with E-state index in [1.54, 1.807) is 6.07 Å². The third-order valence-electron chi connectivity index (χ3n) is 2.87. The van der Waals surface area contributed by atoms with E-state index in [9.17, 15) is 25.4 Å². The Labute approximate surface area is 108 Å². The van der Waals surface area contributed by atoms with Crippen LogP contribution in [0.5, 0.6) is 0 Å². The molecule has 1 aromatic carbocycles. The molecular weight excluding hydrogens is 256 g/mol. The summed E-state index contributed by atoms with van der Waals surface area (Å²) >= 11 is 0. The summed E-state index contributed by atoms with van der Waals surface area (Å²) in [4.78, 5) is 10.1. The first-order chi connectivity index (χ1) is 8.99. The molecule has 8 heteroatoms. The highest BCUT2D eigenvalue weighted by Crippen LogP contribution is 2.21. The number of nitrogens with zero attached hydrogens (tertiary/aromatic N) is 1. The molecule has 1 saturated heterocycles. The van der Waals surface area contributed by atoms with Crippen molar-refractivity contribution in [1.29, 1.82) is 0 Å². The van der Waals surface area contributed by atoms with Crippen LogP contribution in [0.25, 0.3) is 0 Å². The minimum Gasteiger partial charge on any atom is -0.388 e. The fourth-order valence-electron chi connectivity index (χ4n) is 1.81. The molecule has 0 amide bonds. The van der Waals surface area contributed by atoms with Gasteiger partial charge in [-0.3, -0.25) is 10.1 Å². The largest absolute Gasteiger partial charge is 0.388 e. The molecule has 4 N–H and O–H groups in total. The molecule has 2 rings (SSSR count). The van der Waals surface area contributed by atoms with Gasteiger partial charge in [0.1, 0.15) is 18.3 Å². The Morgan fingerprint density at radius 2 is 2.05 bits per heavy atom. The van der Waals surface area contributed by atoms with Gasteiger partial charge in [0.25, 0.3) is 5.69 Å². The van der Waals surface area contributed by atoms with Crippen LogP contribution in [-0.4, -0.2) is 51.4 Å². The van der Waals surface area contributed by atoms with Crippen LogP contribution in [-0.2, 0) is 4.74 Å². The number of ether oxygens (including phenoxy) is 1. The highest BCUT2D eigenvalue weighted by Gasteiger charge is 2.37. The normalized spacial score (nSPS) is 30.9. The molecule has 4 atom stereocenters. The lowest BCUT2D eigenvalue weighted by atomic mass is 10.0. The lowest BCUT2D eigenvalue weighted by Crippen LogP contribution is -2.55. The molecule has 1 aromatic rings. The number of nitro benzene ring substituents is 1. The summed E-state index contributed by atoms with van der Waals surface area (Å²) in [5.74, 6) is 0. The first kappa shape index (κ1) is 13.7. The van der Waals surface area contributed by atoms with Crippen molar-refractivity contribution in [3.63, 3.8) is 0 Å². The third kappa shape index (κ3) is 2.99. The summed E-state index contributed by atoms with van der Waals surface area (Å²) in [6.45, 7) is -0.134. The average Bonchev–Trinajstić information content (AvgIpc) is 2.40. The Balaban J connectivity index is 2.09. The molecule has 1 fully saturated rings. The van der Waals surface area contributed by atoms with E-state index in [0.29, 0.717) is 5.69 Å². The number of nitro groups is 1. The average molecular weight is 270 g/mol. The number of nitrogens with one attached hydrogen (secondary N) is 1. The van der Waals surface area contributed by atoms with E-state index in [1.807, 2.05) is 0 Å². The minimum absolute atomic E-state index is 0.101. The van der Waals surface area contributed by atoms with E-state index in [2.05, 4.69) is 5.32 Å². The number of aliphatic hydroxyl groups excluding tert-OH is 3. The predicted molar refractivity (Wildman–Crippen MR) is 64.5 cm³/mol. The van der Waals surface area contributed by atoms with Crippen molar-refractivity contribution in [2.75, 3.05) is 11.9 Å². The smallest absolute Gasteiger partial charge is 0.271 e. The van der Waals surface area contributed by atoms with Crippen LogP contribution < -0.4 is 5.32 Å². The number of anilines is 1. The van der Waals surface area contributed by atoms with Crippen LogP contribution in [0.1, 0.15) is 0 Å². The molecule has 104 valence electrons. The molecule has 1 aliphatic rings. The second-order valence-corrected chi connectivity index (χ2v) is 4.25. The molecule has 0 bridgehead atoms. The number of rotatable bonds is 3. The molecular formula is C11H14N2O6. The maximum atomic E-state index is 10.6. The predicted octanol–water partition coefficient (Wildman–Crippen LogP) is -0.554. The van der Waals surface area contributed by atoms with Crippen molar-refractivity contribution in [2.24, 2.45) is 0 Å². The SMILES string of the molecule is O=[N+]([O-])c1cccc(NC2OCC(O)C(O)C2O)c1. The molecule has 0 aromatic heterocycles. The molecule has 8 nitrogen and oxygen atoms in total. The molecule has 4 unspecified atom stereocenters. The zero-order chi connectivity index (χ0) is 14.0. The summed E-state index contributed by atoms with van der Waals surface area (Å²) in [5, 5.41) is 41.9. The van der Waals surface area contributed by atoms with Gasteiger partial charge in [0.15, 0.2) is 6.23 Å². The Morgan fingerprint density at radius 1 is 1.32 bits per heavy atom. The van der Waals surface area contributed by atoms with Crippen molar-refractivity contribution >= 4 is 11.4 Å². The van der Waals surface area contributed by atoms with Gasteiger partial charge in [0.05, 0.1) is 11.5 Å². The van der Waals surface area contributed by atoms with Crippen molar-refractivity contribution in [3.8, 4) is 0 Å². The van der Waals surface area contributed by atoms with Crippen LogP contribution in [0.15, 0.2) is 24.3 Å². The lowest BCUT2D eigenvalue weighted by molar-refractivity contribution is -0.384. The summed E-state index contributed by atoms with van der Waals surface area (Å²) in [6.07, 6.45) is -4.76. The molecule has 0 spiro atoms. The topological polar surface area (TPSA) is 125 Å². The fourth-order valence-corrected chi connectivity index (χ4v) is 1.81. The van der Waals surface area contributed by atoms with Gasteiger partial charge < -0.3 is 25.4 Å². The van der Waals surface area contributed by atoms with E-state index in [1.165, 1.54) is 18.2 Å². The summed E-state index contributed by atoms with van der Waals surface area (Å²) in [6, 6.07) is 5.68. The molecule has 0 aliphatic carbocycles. The quantitative estimate of drug-likeness (QED) is 0.428. The van der Waals surface area contributed by atoms with Crippen molar-refractivity contribution in [3.05, 3.63) is 34.4 Å². The second-order valence-electron chi connectivity index (χ2n) is 4.25. The lowest BCUT2D eigenvalue weighted by Gasteiger charge is -2.35. The zero-order valence-corrected chi connectivity index (χ0v) is 9.84. The highest BCUT2D eigenvalue weighted by molar-refractivity contribution is 5.51. The number of non-ortho nitro benzene ring substituents is 1. The van der Waals surface area contributed by atoms with E-state index in [-0.39, 0.29) is 12.3 Å². The van der Waals surface area contributed by atoms with E-state index in [0.717, 1.165) is 0 Å². The van der Waals surface area contributed by atoms with Crippen molar-refractivity contribution in [1.82, 2.24) is 0 Å². The van der Waals surface area contributed by atoms with Gasteiger partial charge >= 0.3 is 0 Å². The van der Waals surface area contributed by atoms with Gasteiger partial charge in [-0.2, -0.15) is 0 Å². The number of aliphatic hydroxyl groups is 3. The molecule has 1 heterocycles. The molecule has 19 heavy (non-hydrogen) atoms. The van der Waals surface area contributed by atoms with Gasteiger partial charge in [-0.15, -0.1) is 0 Å². The van der Waals surface area contributed by atoms with Crippen LogP contribution in [0.2, 0.25) is 0 Å². The van der Waals surface area contributed by atoms with Crippen LogP contribution in [0, 0.1) is 10.1 Å². The zero-order valence-electron chi connectivity index (χ0n) is 9.84. The maximum absolute atomic E-state index is 10.6. The standard InChI is InChI=1S/C11H14N2O6/c14-8-5-19-11(10(16)9(8)15)12-6-2-1-3-7(4-6)13(17)18/h1-4,8-12,14-16H,5H2. The summed E-state index contributed by atoms with van der Waals surface area (Å²) < 4.78 is 5.14. The summed E-state index contributed by atoms with van der Waals surface area (Å²) in [5.41, 5.74) is 0.276. The Kier molecular flexibility index (Phi) is 3.96. The van der Waals surface area contributed by atoms with Crippen molar-refractivity contribution in [2.45, 2.75) is 24.5 Å². The molecule has 1 aliphatic heterocycles. The fraction of sp³-hybridized carbons (Fsp3) is 0.455. The van der Waals surface area contributed by atoms with Crippen LogP contribution >= 0.6 is 0 Å².